The van der Waals surface area contributed by atoms with Crippen molar-refractivity contribution in [1.29, 1.82) is 0 Å². The number of benzene rings is 1. The predicted molar refractivity (Wildman–Crippen MR) is 114 cm³/mol. The van der Waals surface area contributed by atoms with Crippen LogP contribution in [0.3, 0.4) is 0 Å². The smallest absolute Gasteiger partial charge is 0.230 e. The van der Waals surface area contributed by atoms with Crippen LogP contribution < -0.4 is 5.32 Å². The van der Waals surface area contributed by atoms with Crippen LogP contribution in [0.15, 0.2) is 52.2 Å². The van der Waals surface area contributed by atoms with Gasteiger partial charge in [0.25, 0.3) is 0 Å². The largest absolute Gasteiger partial charge is 0.469 e. The SMILES string of the molecule is Cc1occc1-c1nnc(SCC(=O)NC2CCCCC2C)n1-c1ccccc1. The number of hydrogen-bond acceptors (Lipinski definition) is 5. The van der Waals surface area contributed by atoms with Gasteiger partial charge in [-0.05, 0) is 43.9 Å². The minimum atomic E-state index is 0.0532. The van der Waals surface area contributed by atoms with Gasteiger partial charge in [0.05, 0.1) is 17.6 Å². The van der Waals surface area contributed by atoms with E-state index in [4.69, 9.17) is 4.42 Å². The Labute approximate surface area is 175 Å². The summed E-state index contributed by atoms with van der Waals surface area (Å²) < 4.78 is 7.44. The average Bonchev–Trinajstić information content (AvgIpc) is 3.34. The number of furan rings is 1. The van der Waals surface area contributed by atoms with E-state index in [1.54, 1.807) is 6.26 Å². The van der Waals surface area contributed by atoms with Crippen LogP contribution in [-0.4, -0.2) is 32.5 Å². The molecule has 1 amide bonds. The zero-order valence-corrected chi connectivity index (χ0v) is 17.6. The van der Waals surface area contributed by atoms with Crippen LogP contribution in [0, 0.1) is 12.8 Å². The molecule has 0 spiro atoms. The second-order valence-corrected chi connectivity index (χ2v) is 8.53. The molecule has 1 aliphatic rings. The highest BCUT2D eigenvalue weighted by Gasteiger charge is 2.24. The molecule has 3 aromatic rings. The summed E-state index contributed by atoms with van der Waals surface area (Å²) in [5.74, 6) is 2.42. The van der Waals surface area contributed by atoms with E-state index in [0.29, 0.717) is 22.7 Å². The number of thioether (sulfide) groups is 1. The third-order valence-electron chi connectivity index (χ3n) is 5.54. The van der Waals surface area contributed by atoms with Gasteiger partial charge >= 0.3 is 0 Å². The standard InChI is InChI=1S/C22H26N4O2S/c1-15-8-6-7-11-19(15)23-20(27)14-29-22-25-24-21(18-12-13-28-16(18)2)26(22)17-9-4-3-5-10-17/h3-5,9-10,12-13,15,19H,6-8,11,14H2,1-2H3,(H,23,27). The van der Waals surface area contributed by atoms with Crippen LogP contribution in [0.2, 0.25) is 0 Å². The van der Waals surface area contributed by atoms with E-state index in [0.717, 1.165) is 23.4 Å². The van der Waals surface area contributed by atoms with Gasteiger partial charge in [-0.1, -0.05) is 49.7 Å². The molecule has 4 rings (SSSR count). The van der Waals surface area contributed by atoms with Gasteiger partial charge < -0.3 is 9.73 Å². The summed E-state index contributed by atoms with van der Waals surface area (Å²) >= 11 is 1.41. The predicted octanol–water partition coefficient (Wildman–Crippen LogP) is 4.62. The molecular formula is C22H26N4O2S. The van der Waals surface area contributed by atoms with Crippen molar-refractivity contribution in [3.8, 4) is 17.1 Å². The maximum Gasteiger partial charge on any atom is 0.230 e. The first-order valence-corrected chi connectivity index (χ1v) is 11.1. The molecule has 0 saturated heterocycles. The van der Waals surface area contributed by atoms with Gasteiger partial charge in [-0.15, -0.1) is 10.2 Å². The summed E-state index contributed by atoms with van der Waals surface area (Å²) in [4.78, 5) is 12.6. The van der Waals surface area contributed by atoms with Crippen LogP contribution in [0.5, 0.6) is 0 Å². The lowest BCUT2D eigenvalue weighted by atomic mass is 9.86. The fourth-order valence-corrected chi connectivity index (χ4v) is 4.64. The molecule has 2 unspecified atom stereocenters. The van der Waals surface area contributed by atoms with Crippen LogP contribution >= 0.6 is 11.8 Å². The van der Waals surface area contributed by atoms with Crippen molar-refractivity contribution in [2.75, 3.05) is 5.75 Å². The van der Waals surface area contributed by atoms with Crippen molar-refractivity contribution >= 4 is 17.7 Å². The average molecular weight is 411 g/mol. The van der Waals surface area contributed by atoms with Crippen molar-refractivity contribution in [3.05, 3.63) is 48.4 Å². The van der Waals surface area contributed by atoms with E-state index in [9.17, 15) is 4.79 Å². The Bertz CT molecular complexity index is 966. The molecule has 6 nitrogen and oxygen atoms in total. The number of nitrogens with one attached hydrogen (secondary N) is 1. The van der Waals surface area contributed by atoms with E-state index in [1.807, 2.05) is 47.9 Å². The molecule has 1 saturated carbocycles. The van der Waals surface area contributed by atoms with Gasteiger partial charge in [-0.25, -0.2) is 0 Å². The molecular weight excluding hydrogens is 384 g/mol. The monoisotopic (exact) mass is 410 g/mol. The molecule has 0 aliphatic heterocycles. The highest BCUT2D eigenvalue weighted by molar-refractivity contribution is 7.99. The molecule has 1 aromatic carbocycles. The highest BCUT2D eigenvalue weighted by Crippen LogP contribution is 2.30. The van der Waals surface area contributed by atoms with Crippen molar-refractivity contribution in [2.24, 2.45) is 5.92 Å². The van der Waals surface area contributed by atoms with Crippen molar-refractivity contribution in [2.45, 2.75) is 50.7 Å². The fraction of sp³-hybridized carbons (Fsp3) is 0.409. The first kappa shape index (κ1) is 19.8. The van der Waals surface area contributed by atoms with E-state index in [2.05, 4.69) is 22.4 Å². The number of carbonyl (C=O) groups is 1. The number of aryl methyl sites for hydroxylation is 1. The summed E-state index contributed by atoms with van der Waals surface area (Å²) in [5.41, 5.74) is 1.85. The van der Waals surface area contributed by atoms with E-state index in [-0.39, 0.29) is 11.9 Å². The molecule has 1 fully saturated rings. The van der Waals surface area contributed by atoms with Crippen LogP contribution in [0.1, 0.15) is 38.4 Å². The van der Waals surface area contributed by atoms with Gasteiger partial charge in [-0.3, -0.25) is 9.36 Å². The summed E-state index contributed by atoms with van der Waals surface area (Å²) in [5, 5.41) is 12.7. The number of para-hydroxylation sites is 1. The van der Waals surface area contributed by atoms with Crippen LogP contribution in [0.4, 0.5) is 0 Å². The summed E-state index contributed by atoms with van der Waals surface area (Å²) in [6.45, 7) is 4.13. The summed E-state index contributed by atoms with van der Waals surface area (Å²) in [7, 11) is 0. The Hall–Kier alpha value is -2.54. The molecule has 29 heavy (non-hydrogen) atoms. The first-order chi connectivity index (χ1) is 14.1. The maximum atomic E-state index is 12.6. The fourth-order valence-electron chi connectivity index (χ4n) is 3.87. The lowest BCUT2D eigenvalue weighted by Gasteiger charge is -2.29. The molecule has 0 radical (unpaired) electrons. The molecule has 1 aliphatic carbocycles. The number of rotatable bonds is 6. The quantitative estimate of drug-likeness (QED) is 0.600. The molecule has 1 N–H and O–H groups in total. The zero-order chi connectivity index (χ0) is 20.2. The second-order valence-electron chi connectivity index (χ2n) is 7.59. The van der Waals surface area contributed by atoms with Crippen molar-refractivity contribution in [1.82, 2.24) is 20.1 Å². The number of nitrogens with zero attached hydrogens (tertiary/aromatic N) is 3. The Kier molecular flexibility index (Phi) is 6.04. The molecule has 2 atom stereocenters. The minimum Gasteiger partial charge on any atom is -0.469 e. The van der Waals surface area contributed by atoms with Crippen molar-refractivity contribution in [3.63, 3.8) is 0 Å². The Morgan fingerprint density at radius 2 is 2.00 bits per heavy atom. The van der Waals surface area contributed by atoms with Crippen molar-refractivity contribution < 1.29 is 9.21 Å². The number of aromatic nitrogens is 3. The zero-order valence-electron chi connectivity index (χ0n) is 16.8. The lowest BCUT2D eigenvalue weighted by molar-refractivity contribution is -0.119. The van der Waals surface area contributed by atoms with E-state index in [1.165, 1.54) is 31.0 Å². The van der Waals surface area contributed by atoms with Crippen LogP contribution in [0.25, 0.3) is 17.1 Å². The second kappa shape index (κ2) is 8.86. The van der Waals surface area contributed by atoms with Gasteiger partial charge in [0.1, 0.15) is 5.76 Å². The van der Waals surface area contributed by atoms with E-state index >= 15 is 0 Å². The first-order valence-electron chi connectivity index (χ1n) is 10.1. The minimum absolute atomic E-state index is 0.0532. The third kappa shape index (κ3) is 4.40. The maximum absolute atomic E-state index is 12.6. The van der Waals surface area contributed by atoms with Crippen LogP contribution in [-0.2, 0) is 4.79 Å². The molecule has 7 heteroatoms. The Balaban J connectivity index is 1.54. The van der Waals surface area contributed by atoms with Gasteiger partial charge in [0.2, 0.25) is 5.91 Å². The number of carbonyl (C=O) groups excluding carboxylic acids is 1. The Morgan fingerprint density at radius 1 is 1.21 bits per heavy atom. The molecule has 2 heterocycles. The highest BCUT2D eigenvalue weighted by atomic mass is 32.2. The molecule has 2 aromatic heterocycles. The summed E-state index contributed by atoms with van der Waals surface area (Å²) in [6.07, 6.45) is 6.37. The number of hydrogen-bond donors (Lipinski definition) is 1. The van der Waals surface area contributed by atoms with Gasteiger partial charge in [0, 0.05) is 11.7 Å². The van der Waals surface area contributed by atoms with E-state index < -0.39 is 0 Å². The molecule has 152 valence electrons. The lowest BCUT2D eigenvalue weighted by Crippen LogP contribution is -2.41. The number of amides is 1. The summed E-state index contributed by atoms with van der Waals surface area (Å²) in [6, 6.07) is 12.1. The normalized spacial score (nSPS) is 19.2. The molecule has 0 bridgehead atoms. The van der Waals surface area contributed by atoms with Gasteiger partial charge in [0.15, 0.2) is 11.0 Å². The van der Waals surface area contributed by atoms with Gasteiger partial charge in [-0.2, -0.15) is 0 Å². The third-order valence-corrected chi connectivity index (χ3v) is 6.47. The Morgan fingerprint density at radius 3 is 2.72 bits per heavy atom. The topological polar surface area (TPSA) is 72.9 Å².